The molecule has 1 aromatic heterocycles. The fourth-order valence-corrected chi connectivity index (χ4v) is 3.08. The number of anilines is 1. The molecule has 104 valence electrons. The van der Waals surface area contributed by atoms with Crippen LogP contribution in [0, 0.1) is 0 Å². The number of aryl methyl sites for hydroxylation is 1. The molecule has 0 amide bonds. The molecule has 2 heterocycles. The number of phenols is 1. The minimum atomic E-state index is 0.313. The molecule has 20 heavy (non-hydrogen) atoms. The molecule has 0 bridgehead atoms. The molecule has 1 N–H and O–H groups in total. The van der Waals surface area contributed by atoms with Crippen molar-refractivity contribution in [3.8, 4) is 5.75 Å². The van der Waals surface area contributed by atoms with Gasteiger partial charge in [0.1, 0.15) is 11.6 Å². The van der Waals surface area contributed by atoms with E-state index in [4.69, 9.17) is 0 Å². The quantitative estimate of drug-likeness (QED) is 0.942. The van der Waals surface area contributed by atoms with Crippen molar-refractivity contribution in [2.75, 3.05) is 18.0 Å². The summed E-state index contributed by atoms with van der Waals surface area (Å²) in [5, 5.41) is 10.3. The van der Waals surface area contributed by atoms with Crippen LogP contribution in [-0.2, 0) is 6.42 Å². The van der Waals surface area contributed by atoms with Gasteiger partial charge in [-0.1, -0.05) is 25.1 Å². The Morgan fingerprint density at radius 1 is 1.30 bits per heavy atom. The number of phenolic OH excluding ortho intramolecular Hbond substituents is 1. The van der Waals surface area contributed by atoms with Gasteiger partial charge in [-0.2, -0.15) is 4.37 Å². The van der Waals surface area contributed by atoms with E-state index in [1.54, 1.807) is 12.1 Å². The zero-order valence-electron chi connectivity index (χ0n) is 11.4. The lowest BCUT2D eigenvalue weighted by atomic mass is 10.00. The summed E-state index contributed by atoms with van der Waals surface area (Å²) in [6, 6.07) is 7.41. The molecule has 0 unspecified atom stereocenters. The van der Waals surface area contributed by atoms with Crippen LogP contribution < -0.4 is 4.90 Å². The van der Waals surface area contributed by atoms with Crippen LogP contribution in [0.3, 0.4) is 0 Å². The normalized spacial score (nSPS) is 15.2. The van der Waals surface area contributed by atoms with Gasteiger partial charge in [0.25, 0.3) is 0 Å². The van der Waals surface area contributed by atoms with Gasteiger partial charge in [0.05, 0.1) is 0 Å². The molecule has 4 nitrogen and oxygen atoms in total. The number of hydrogen-bond acceptors (Lipinski definition) is 5. The second-order valence-electron chi connectivity index (χ2n) is 4.82. The highest BCUT2D eigenvalue weighted by Gasteiger charge is 2.16. The molecule has 0 radical (unpaired) electrons. The first-order valence-corrected chi connectivity index (χ1v) is 7.59. The van der Waals surface area contributed by atoms with Crippen molar-refractivity contribution in [3.63, 3.8) is 0 Å². The van der Waals surface area contributed by atoms with Gasteiger partial charge < -0.3 is 10.0 Å². The average molecular weight is 287 g/mol. The largest absolute Gasteiger partial charge is 0.508 e. The van der Waals surface area contributed by atoms with E-state index in [1.165, 1.54) is 22.7 Å². The third kappa shape index (κ3) is 2.67. The lowest BCUT2D eigenvalue weighted by Crippen LogP contribution is -2.28. The molecule has 0 spiro atoms. The summed E-state index contributed by atoms with van der Waals surface area (Å²) >= 11 is 1.48. The first kappa shape index (κ1) is 13.1. The Morgan fingerprint density at radius 2 is 2.10 bits per heavy atom. The number of benzene rings is 1. The van der Waals surface area contributed by atoms with Crippen molar-refractivity contribution < 1.29 is 5.11 Å². The topological polar surface area (TPSA) is 49.2 Å². The van der Waals surface area contributed by atoms with E-state index >= 15 is 0 Å². The summed E-state index contributed by atoms with van der Waals surface area (Å²) in [6.45, 7) is 3.91. The standard InChI is InChI=1S/C15H17N3OS/c1-2-14-16-15(20-17-14)18-9-7-12(8-10-18)11-3-5-13(19)6-4-11/h3-7,19H,2,8-10H2,1H3. The van der Waals surface area contributed by atoms with Crippen molar-refractivity contribution in [1.29, 1.82) is 0 Å². The van der Waals surface area contributed by atoms with E-state index in [0.29, 0.717) is 5.75 Å². The van der Waals surface area contributed by atoms with Crippen molar-refractivity contribution in [2.24, 2.45) is 0 Å². The summed E-state index contributed by atoms with van der Waals surface area (Å²) in [4.78, 5) is 6.80. The highest BCUT2D eigenvalue weighted by molar-refractivity contribution is 7.09. The summed E-state index contributed by atoms with van der Waals surface area (Å²) in [5.74, 6) is 1.24. The predicted molar refractivity (Wildman–Crippen MR) is 82.2 cm³/mol. The highest BCUT2D eigenvalue weighted by Crippen LogP contribution is 2.27. The van der Waals surface area contributed by atoms with Crippen LogP contribution in [0.4, 0.5) is 5.13 Å². The van der Waals surface area contributed by atoms with Crippen LogP contribution in [0.2, 0.25) is 0 Å². The first-order valence-electron chi connectivity index (χ1n) is 6.82. The van der Waals surface area contributed by atoms with Crippen molar-refractivity contribution >= 4 is 22.2 Å². The van der Waals surface area contributed by atoms with Crippen molar-refractivity contribution in [3.05, 3.63) is 41.7 Å². The minimum Gasteiger partial charge on any atom is -0.508 e. The Labute approximate surface area is 122 Å². The van der Waals surface area contributed by atoms with Crippen LogP contribution in [0.25, 0.3) is 5.57 Å². The van der Waals surface area contributed by atoms with Crippen molar-refractivity contribution in [2.45, 2.75) is 19.8 Å². The molecule has 0 saturated carbocycles. The van der Waals surface area contributed by atoms with Gasteiger partial charge in [0, 0.05) is 31.0 Å². The number of aromatic hydroxyl groups is 1. The van der Waals surface area contributed by atoms with E-state index in [0.717, 1.165) is 36.9 Å². The molecular formula is C15H17N3OS. The number of aromatic nitrogens is 2. The summed E-state index contributed by atoms with van der Waals surface area (Å²) in [7, 11) is 0. The lowest BCUT2D eigenvalue weighted by molar-refractivity contribution is 0.475. The Morgan fingerprint density at radius 3 is 2.70 bits per heavy atom. The zero-order chi connectivity index (χ0) is 13.9. The fourth-order valence-electron chi connectivity index (χ4n) is 2.30. The van der Waals surface area contributed by atoms with E-state index < -0.39 is 0 Å². The molecule has 0 fully saturated rings. The van der Waals surface area contributed by atoms with Gasteiger partial charge in [0.15, 0.2) is 0 Å². The Hall–Kier alpha value is -1.88. The molecule has 3 rings (SSSR count). The Balaban J connectivity index is 1.72. The molecule has 0 atom stereocenters. The maximum Gasteiger partial charge on any atom is 0.205 e. The van der Waals surface area contributed by atoms with Crippen LogP contribution in [0.5, 0.6) is 5.75 Å². The van der Waals surface area contributed by atoms with Gasteiger partial charge in [-0.15, -0.1) is 0 Å². The van der Waals surface area contributed by atoms with Crippen molar-refractivity contribution in [1.82, 2.24) is 9.36 Å². The molecule has 1 aromatic carbocycles. The highest BCUT2D eigenvalue weighted by atomic mass is 32.1. The molecule has 0 aliphatic carbocycles. The Kier molecular flexibility index (Phi) is 3.69. The van der Waals surface area contributed by atoms with Gasteiger partial charge in [-0.05, 0) is 29.7 Å². The second kappa shape index (κ2) is 5.63. The third-order valence-electron chi connectivity index (χ3n) is 3.49. The van der Waals surface area contributed by atoms with Gasteiger partial charge in [-0.3, -0.25) is 0 Å². The zero-order valence-corrected chi connectivity index (χ0v) is 12.2. The molecule has 2 aromatic rings. The lowest BCUT2D eigenvalue weighted by Gasteiger charge is -2.25. The minimum absolute atomic E-state index is 0.313. The molecule has 1 aliphatic heterocycles. The second-order valence-corrected chi connectivity index (χ2v) is 5.55. The summed E-state index contributed by atoms with van der Waals surface area (Å²) in [5.41, 5.74) is 2.52. The van der Waals surface area contributed by atoms with Crippen LogP contribution in [0.1, 0.15) is 24.7 Å². The smallest absolute Gasteiger partial charge is 0.205 e. The monoisotopic (exact) mass is 287 g/mol. The molecule has 0 saturated heterocycles. The Bertz CT molecular complexity index is 618. The van der Waals surface area contributed by atoms with Crippen LogP contribution in [0.15, 0.2) is 30.3 Å². The van der Waals surface area contributed by atoms with E-state index in [9.17, 15) is 5.11 Å². The molecule has 5 heteroatoms. The summed E-state index contributed by atoms with van der Waals surface area (Å²) < 4.78 is 4.34. The number of hydrogen-bond donors (Lipinski definition) is 1. The van der Waals surface area contributed by atoms with Gasteiger partial charge in [0.2, 0.25) is 5.13 Å². The van der Waals surface area contributed by atoms with Crippen LogP contribution >= 0.6 is 11.5 Å². The number of nitrogens with zero attached hydrogens (tertiary/aromatic N) is 3. The van der Waals surface area contributed by atoms with E-state index in [-0.39, 0.29) is 0 Å². The SMILES string of the molecule is CCc1nsc(N2CC=C(c3ccc(O)cc3)CC2)n1. The fraction of sp³-hybridized carbons (Fsp3) is 0.333. The van der Waals surface area contributed by atoms with Gasteiger partial charge in [-0.25, -0.2) is 4.98 Å². The first-order chi connectivity index (χ1) is 9.76. The average Bonchev–Trinajstić information content (AvgIpc) is 2.97. The molecular weight excluding hydrogens is 270 g/mol. The van der Waals surface area contributed by atoms with Crippen LogP contribution in [-0.4, -0.2) is 27.6 Å². The molecule has 1 aliphatic rings. The summed E-state index contributed by atoms with van der Waals surface area (Å²) in [6.07, 6.45) is 4.12. The maximum atomic E-state index is 9.33. The number of rotatable bonds is 3. The predicted octanol–water partition coefficient (Wildman–Crippen LogP) is 3.10. The van der Waals surface area contributed by atoms with E-state index in [2.05, 4.69) is 27.3 Å². The maximum absolute atomic E-state index is 9.33. The third-order valence-corrected chi connectivity index (χ3v) is 4.31. The van der Waals surface area contributed by atoms with E-state index in [1.807, 2.05) is 12.1 Å². The van der Waals surface area contributed by atoms with Gasteiger partial charge >= 0.3 is 0 Å².